The maximum atomic E-state index is 13.9. The highest BCUT2D eigenvalue weighted by atomic mass is 19.1. The first kappa shape index (κ1) is 12.3. The topological polar surface area (TPSA) is 78.9 Å². The molecule has 1 aromatic carbocycles. The Morgan fingerprint density at radius 2 is 2.15 bits per heavy atom. The number of aromatic nitrogens is 4. The normalized spacial score (nSPS) is 10.9. The van der Waals surface area contributed by atoms with Crippen molar-refractivity contribution < 1.29 is 9.13 Å². The van der Waals surface area contributed by atoms with Gasteiger partial charge in [0.2, 0.25) is 0 Å². The van der Waals surface area contributed by atoms with E-state index in [1.54, 1.807) is 23.0 Å². The number of methoxy groups -OCH3 is 1. The Morgan fingerprint density at radius 1 is 1.30 bits per heavy atom. The Kier molecular flexibility index (Phi) is 2.94. The number of ether oxygens (including phenoxy) is 1. The number of nitrogen functional groups attached to an aromatic ring is 1. The number of hydrogen-bond donors (Lipinski definition) is 1. The highest BCUT2D eigenvalue weighted by Crippen LogP contribution is 2.20. The molecule has 0 aliphatic heterocycles. The predicted octanol–water partition coefficient (Wildman–Crippen LogP) is 1.60. The van der Waals surface area contributed by atoms with E-state index in [1.165, 1.54) is 19.5 Å². The van der Waals surface area contributed by atoms with Gasteiger partial charge in [-0.1, -0.05) is 6.07 Å². The monoisotopic (exact) mass is 273 g/mol. The van der Waals surface area contributed by atoms with Crippen LogP contribution in [0.3, 0.4) is 0 Å². The predicted molar refractivity (Wildman–Crippen MR) is 71.8 cm³/mol. The van der Waals surface area contributed by atoms with Crippen molar-refractivity contribution in [2.75, 3.05) is 12.8 Å². The lowest BCUT2D eigenvalue weighted by molar-refractivity contribution is 0.410. The second kappa shape index (κ2) is 4.76. The van der Waals surface area contributed by atoms with Gasteiger partial charge in [-0.05, 0) is 6.07 Å². The average molecular weight is 273 g/mol. The molecule has 0 radical (unpaired) electrons. The zero-order chi connectivity index (χ0) is 14.1. The fourth-order valence-electron chi connectivity index (χ4n) is 1.98. The molecule has 20 heavy (non-hydrogen) atoms. The first-order valence-electron chi connectivity index (χ1n) is 5.93. The Balaban J connectivity index is 1.99. The second-order valence-electron chi connectivity index (χ2n) is 4.26. The molecule has 0 spiro atoms. The molecule has 0 atom stereocenters. The van der Waals surface area contributed by atoms with Crippen molar-refractivity contribution in [2.24, 2.45) is 0 Å². The molecule has 0 amide bonds. The number of halogens is 1. The molecule has 7 heteroatoms. The zero-order valence-electron chi connectivity index (χ0n) is 10.7. The number of nitrogens with two attached hydrogens (primary N) is 1. The van der Waals surface area contributed by atoms with E-state index in [0.29, 0.717) is 34.8 Å². The number of nitrogens with zero attached hydrogens (tertiary/aromatic N) is 4. The molecule has 0 aliphatic rings. The number of benzene rings is 1. The van der Waals surface area contributed by atoms with E-state index in [1.807, 2.05) is 0 Å². The SMILES string of the molecule is COc1ccc(Cn2cnc3c(N)ncnc32)c(F)c1. The Morgan fingerprint density at radius 3 is 2.90 bits per heavy atom. The highest BCUT2D eigenvalue weighted by Gasteiger charge is 2.10. The quantitative estimate of drug-likeness (QED) is 0.784. The van der Waals surface area contributed by atoms with Gasteiger partial charge in [0.15, 0.2) is 11.5 Å². The molecule has 0 fully saturated rings. The molecule has 0 saturated heterocycles. The van der Waals surface area contributed by atoms with Crippen molar-refractivity contribution in [3.63, 3.8) is 0 Å². The third-order valence-corrected chi connectivity index (χ3v) is 3.03. The Hall–Kier alpha value is -2.70. The van der Waals surface area contributed by atoms with E-state index in [2.05, 4.69) is 15.0 Å². The minimum Gasteiger partial charge on any atom is -0.497 e. The summed E-state index contributed by atoms with van der Waals surface area (Å²) < 4.78 is 20.6. The summed E-state index contributed by atoms with van der Waals surface area (Å²) in [6, 6.07) is 4.73. The van der Waals surface area contributed by atoms with Gasteiger partial charge in [-0.3, -0.25) is 0 Å². The van der Waals surface area contributed by atoms with Gasteiger partial charge >= 0.3 is 0 Å². The van der Waals surface area contributed by atoms with Crippen molar-refractivity contribution in [3.05, 3.63) is 42.2 Å². The van der Waals surface area contributed by atoms with Crippen LogP contribution in [0.15, 0.2) is 30.9 Å². The summed E-state index contributed by atoms with van der Waals surface area (Å²) in [6.45, 7) is 0.308. The van der Waals surface area contributed by atoms with Gasteiger partial charge in [0.05, 0.1) is 20.0 Å². The van der Waals surface area contributed by atoms with Crippen LogP contribution in [-0.2, 0) is 6.54 Å². The lowest BCUT2D eigenvalue weighted by Gasteiger charge is -2.07. The lowest BCUT2D eigenvalue weighted by atomic mass is 10.2. The molecule has 0 unspecified atom stereocenters. The van der Waals surface area contributed by atoms with Crippen LogP contribution in [0.1, 0.15) is 5.56 Å². The van der Waals surface area contributed by atoms with Crippen LogP contribution in [0.5, 0.6) is 5.75 Å². The van der Waals surface area contributed by atoms with Crippen LogP contribution in [0.4, 0.5) is 10.2 Å². The van der Waals surface area contributed by atoms with Crippen molar-refractivity contribution in [2.45, 2.75) is 6.54 Å². The zero-order valence-corrected chi connectivity index (χ0v) is 10.7. The van der Waals surface area contributed by atoms with E-state index in [-0.39, 0.29) is 5.82 Å². The molecular formula is C13H12FN5O. The molecule has 0 saturated carbocycles. The first-order chi connectivity index (χ1) is 9.69. The van der Waals surface area contributed by atoms with Gasteiger partial charge in [-0.2, -0.15) is 0 Å². The second-order valence-corrected chi connectivity index (χ2v) is 4.26. The molecular weight excluding hydrogens is 261 g/mol. The van der Waals surface area contributed by atoms with Crippen molar-refractivity contribution in [1.82, 2.24) is 19.5 Å². The summed E-state index contributed by atoms with van der Waals surface area (Å²) in [5, 5.41) is 0. The van der Waals surface area contributed by atoms with Crippen LogP contribution in [-0.4, -0.2) is 26.6 Å². The molecule has 102 valence electrons. The summed E-state index contributed by atoms with van der Waals surface area (Å²) in [4.78, 5) is 12.1. The van der Waals surface area contributed by atoms with Crippen molar-refractivity contribution in [3.8, 4) is 5.75 Å². The minimum absolute atomic E-state index is 0.308. The van der Waals surface area contributed by atoms with Crippen LogP contribution >= 0.6 is 0 Å². The van der Waals surface area contributed by atoms with Crippen LogP contribution in [0, 0.1) is 5.82 Å². The van der Waals surface area contributed by atoms with E-state index in [9.17, 15) is 4.39 Å². The van der Waals surface area contributed by atoms with Crippen LogP contribution in [0.25, 0.3) is 11.2 Å². The number of fused-ring (bicyclic) bond motifs is 1. The smallest absolute Gasteiger partial charge is 0.165 e. The van der Waals surface area contributed by atoms with Gasteiger partial charge in [0.25, 0.3) is 0 Å². The molecule has 6 nitrogen and oxygen atoms in total. The number of hydrogen-bond acceptors (Lipinski definition) is 5. The number of anilines is 1. The standard InChI is InChI=1S/C13H12FN5O/c1-20-9-3-2-8(10(14)4-9)5-19-7-18-11-12(15)16-6-17-13(11)19/h2-4,6-7H,5H2,1H3,(H2,15,16,17). The Labute approximate surface area is 114 Å². The van der Waals surface area contributed by atoms with E-state index >= 15 is 0 Å². The van der Waals surface area contributed by atoms with Gasteiger partial charge < -0.3 is 15.0 Å². The molecule has 2 N–H and O–H groups in total. The number of rotatable bonds is 3. The van der Waals surface area contributed by atoms with Gasteiger partial charge in [0, 0.05) is 11.6 Å². The van der Waals surface area contributed by atoms with Crippen molar-refractivity contribution >= 4 is 17.0 Å². The van der Waals surface area contributed by atoms with E-state index < -0.39 is 0 Å². The third-order valence-electron chi connectivity index (χ3n) is 3.03. The van der Waals surface area contributed by atoms with E-state index in [4.69, 9.17) is 10.5 Å². The summed E-state index contributed by atoms with van der Waals surface area (Å²) in [6.07, 6.45) is 2.93. The van der Waals surface area contributed by atoms with Gasteiger partial charge in [-0.15, -0.1) is 0 Å². The molecule has 2 aromatic heterocycles. The fraction of sp³-hybridized carbons (Fsp3) is 0.154. The molecule has 0 aliphatic carbocycles. The highest BCUT2D eigenvalue weighted by molar-refractivity contribution is 5.81. The van der Waals surface area contributed by atoms with Gasteiger partial charge in [0.1, 0.15) is 23.4 Å². The number of imidazole rings is 1. The lowest BCUT2D eigenvalue weighted by Crippen LogP contribution is -2.02. The first-order valence-corrected chi connectivity index (χ1v) is 5.93. The fourth-order valence-corrected chi connectivity index (χ4v) is 1.98. The van der Waals surface area contributed by atoms with Gasteiger partial charge in [-0.25, -0.2) is 19.3 Å². The summed E-state index contributed by atoms with van der Waals surface area (Å²) in [7, 11) is 1.50. The minimum atomic E-state index is -0.340. The molecule has 3 rings (SSSR count). The molecule has 2 heterocycles. The Bertz CT molecular complexity index is 771. The largest absolute Gasteiger partial charge is 0.497 e. The van der Waals surface area contributed by atoms with Crippen molar-refractivity contribution in [1.29, 1.82) is 0 Å². The van der Waals surface area contributed by atoms with E-state index in [0.717, 1.165) is 0 Å². The summed E-state index contributed by atoms with van der Waals surface area (Å²) >= 11 is 0. The van der Waals surface area contributed by atoms with Crippen LogP contribution in [0.2, 0.25) is 0 Å². The summed E-state index contributed by atoms with van der Waals surface area (Å²) in [5.74, 6) is 0.450. The maximum Gasteiger partial charge on any atom is 0.165 e. The third kappa shape index (κ3) is 2.03. The molecule has 3 aromatic rings. The average Bonchev–Trinajstić information content (AvgIpc) is 2.86. The molecule has 0 bridgehead atoms. The van der Waals surface area contributed by atoms with Crippen LogP contribution < -0.4 is 10.5 Å². The summed E-state index contributed by atoms with van der Waals surface area (Å²) in [5.41, 5.74) is 7.32. The maximum absolute atomic E-state index is 13.9.